The van der Waals surface area contributed by atoms with Crippen molar-refractivity contribution in [3.63, 3.8) is 0 Å². The molecule has 0 aromatic heterocycles. The molecule has 1 aromatic rings. The summed E-state index contributed by atoms with van der Waals surface area (Å²) in [5.74, 6) is 0.487. The molecule has 0 aliphatic rings. The van der Waals surface area contributed by atoms with Crippen LogP contribution in [0.3, 0.4) is 0 Å². The molecule has 0 heterocycles. The van der Waals surface area contributed by atoms with Crippen molar-refractivity contribution in [1.82, 2.24) is 0 Å². The summed E-state index contributed by atoms with van der Waals surface area (Å²) in [6.07, 6.45) is 14.4. The van der Waals surface area contributed by atoms with Crippen LogP contribution < -0.4 is 4.74 Å². The monoisotopic (exact) mass is 304 g/mol. The van der Waals surface area contributed by atoms with Gasteiger partial charge in [0.1, 0.15) is 5.75 Å². The lowest BCUT2D eigenvalue weighted by Crippen LogP contribution is -2.03. The molecule has 0 spiro atoms. The van der Waals surface area contributed by atoms with E-state index in [0.29, 0.717) is 0 Å². The Morgan fingerprint density at radius 1 is 0.864 bits per heavy atom. The lowest BCUT2D eigenvalue weighted by molar-refractivity contribution is -0.131. The summed E-state index contributed by atoms with van der Waals surface area (Å²) >= 11 is 0. The van der Waals surface area contributed by atoms with Crippen molar-refractivity contribution in [3.05, 3.63) is 29.8 Å². The van der Waals surface area contributed by atoms with Gasteiger partial charge in [0.15, 0.2) is 0 Å². The van der Waals surface area contributed by atoms with Gasteiger partial charge >= 0.3 is 5.97 Å². The van der Waals surface area contributed by atoms with Gasteiger partial charge in [0.25, 0.3) is 0 Å². The minimum atomic E-state index is -0.240. The van der Waals surface area contributed by atoms with Crippen molar-refractivity contribution < 1.29 is 9.53 Å². The van der Waals surface area contributed by atoms with Crippen molar-refractivity contribution >= 4 is 5.97 Å². The summed E-state index contributed by atoms with van der Waals surface area (Å²) in [5.41, 5.74) is 1.15. The zero-order valence-electron chi connectivity index (χ0n) is 14.4. The second-order valence-electron chi connectivity index (χ2n) is 6.13. The topological polar surface area (TPSA) is 26.3 Å². The van der Waals surface area contributed by atoms with Crippen LogP contribution in [-0.2, 0) is 11.2 Å². The first-order valence-electron chi connectivity index (χ1n) is 9.00. The number of hydrogen-bond donors (Lipinski definition) is 0. The highest BCUT2D eigenvalue weighted by Gasteiger charge is 2.04. The quantitative estimate of drug-likeness (QED) is 0.266. The zero-order valence-corrected chi connectivity index (χ0v) is 14.4. The highest BCUT2D eigenvalue weighted by Crippen LogP contribution is 2.21. The summed E-state index contributed by atoms with van der Waals surface area (Å²) < 4.78 is 5.25. The lowest BCUT2D eigenvalue weighted by atomic mass is 10.0. The molecule has 0 N–H and O–H groups in total. The van der Waals surface area contributed by atoms with Crippen molar-refractivity contribution in [2.24, 2.45) is 0 Å². The number of carbonyl (C=O) groups is 1. The van der Waals surface area contributed by atoms with Crippen LogP contribution in [0, 0.1) is 0 Å². The van der Waals surface area contributed by atoms with E-state index in [1.807, 2.05) is 18.2 Å². The highest BCUT2D eigenvalue weighted by atomic mass is 16.5. The molecule has 2 nitrogen and oxygen atoms in total. The maximum absolute atomic E-state index is 11.1. The first kappa shape index (κ1) is 18.7. The van der Waals surface area contributed by atoms with Crippen LogP contribution >= 0.6 is 0 Å². The van der Waals surface area contributed by atoms with E-state index in [2.05, 4.69) is 13.0 Å². The number of esters is 1. The number of rotatable bonds is 12. The van der Waals surface area contributed by atoms with Gasteiger partial charge in [-0.25, -0.2) is 0 Å². The van der Waals surface area contributed by atoms with Crippen LogP contribution in [0.2, 0.25) is 0 Å². The molecule has 0 radical (unpaired) electrons. The van der Waals surface area contributed by atoms with Gasteiger partial charge in [-0.05, 0) is 24.5 Å². The number of carbonyl (C=O) groups excluding carboxylic acids is 1. The second kappa shape index (κ2) is 12.3. The molecule has 0 unspecified atom stereocenters. The van der Waals surface area contributed by atoms with E-state index in [1.165, 1.54) is 71.1 Å². The van der Waals surface area contributed by atoms with Gasteiger partial charge in [0, 0.05) is 6.92 Å². The average molecular weight is 304 g/mol. The third-order valence-electron chi connectivity index (χ3n) is 4.03. The number of benzene rings is 1. The van der Waals surface area contributed by atoms with Crippen LogP contribution in [-0.4, -0.2) is 5.97 Å². The normalized spacial score (nSPS) is 10.6. The largest absolute Gasteiger partial charge is 0.426 e. The van der Waals surface area contributed by atoms with Crippen molar-refractivity contribution in [2.75, 3.05) is 0 Å². The molecule has 0 aliphatic heterocycles. The summed E-state index contributed by atoms with van der Waals surface area (Å²) in [6.45, 7) is 3.72. The predicted octanol–water partition coefficient (Wildman–Crippen LogP) is 6.08. The molecule has 0 bridgehead atoms. The van der Waals surface area contributed by atoms with E-state index in [9.17, 15) is 4.79 Å². The van der Waals surface area contributed by atoms with Crippen molar-refractivity contribution in [3.8, 4) is 5.75 Å². The molecule has 2 heteroatoms. The van der Waals surface area contributed by atoms with Crippen LogP contribution in [0.1, 0.15) is 83.6 Å². The van der Waals surface area contributed by atoms with Gasteiger partial charge < -0.3 is 4.74 Å². The van der Waals surface area contributed by atoms with Crippen molar-refractivity contribution in [2.45, 2.75) is 84.5 Å². The van der Waals surface area contributed by atoms with E-state index in [1.54, 1.807) is 0 Å². The molecule has 0 fully saturated rings. The Kier molecular flexibility index (Phi) is 10.4. The first-order valence-corrected chi connectivity index (χ1v) is 9.00. The summed E-state index contributed by atoms with van der Waals surface area (Å²) in [5, 5.41) is 0. The predicted molar refractivity (Wildman–Crippen MR) is 93.3 cm³/mol. The van der Waals surface area contributed by atoms with Crippen LogP contribution in [0.25, 0.3) is 0 Å². The standard InChI is InChI=1S/C20H32O2/c1-3-4-5-6-7-8-9-10-11-12-15-19-16-13-14-17-20(19)22-18(2)21/h13-14,16-17H,3-12,15H2,1-2H3. The summed E-state index contributed by atoms with van der Waals surface area (Å²) in [7, 11) is 0. The van der Waals surface area contributed by atoms with Gasteiger partial charge in [0.2, 0.25) is 0 Å². The first-order chi connectivity index (χ1) is 10.7. The molecule has 0 saturated carbocycles. The molecule has 0 amide bonds. The van der Waals surface area contributed by atoms with E-state index in [4.69, 9.17) is 4.74 Å². The third kappa shape index (κ3) is 8.86. The van der Waals surface area contributed by atoms with Crippen molar-refractivity contribution in [1.29, 1.82) is 0 Å². The number of ether oxygens (including phenoxy) is 1. The molecule has 22 heavy (non-hydrogen) atoms. The average Bonchev–Trinajstić information content (AvgIpc) is 2.50. The lowest BCUT2D eigenvalue weighted by Gasteiger charge is -2.08. The Balaban J connectivity index is 2.08. The minimum Gasteiger partial charge on any atom is -0.426 e. The minimum absolute atomic E-state index is 0.240. The molecule has 1 rings (SSSR count). The van der Waals surface area contributed by atoms with Crippen LogP contribution in [0.4, 0.5) is 0 Å². The third-order valence-corrected chi connectivity index (χ3v) is 4.03. The maximum atomic E-state index is 11.1. The molecular weight excluding hydrogens is 272 g/mol. The molecule has 0 atom stereocenters. The van der Waals surface area contributed by atoms with Crippen LogP contribution in [0.5, 0.6) is 5.75 Å². The van der Waals surface area contributed by atoms with Gasteiger partial charge in [-0.1, -0.05) is 82.9 Å². The zero-order chi connectivity index (χ0) is 16.0. The molecule has 0 aliphatic carbocycles. The van der Waals surface area contributed by atoms with E-state index >= 15 is 0 Å². The fraction of sp³-hybridized carbons (Fsp3) is 0.650. The second-order valence-corrected chi connectivity index (χ2v) is 6.13. The number of unbranched alkanes of at least 4 members (excludes halogenated alkanes) is 9. The fourth-order valence-electron chi connectivity index (χ4n) is 2.77. The molecule has 124 valence electrons. The maximum Gasteiger partial charge on any atom is 0.308 e. The summed E-state index contributed by atoms with van der Waals surface area (Å²) in [6, 6.07) is 7.87. The molecule has 1 aromatic carbocycles. The number of aryl methyl sites for hydroxylation is 1. The SMILES string of the molecule is CCCCCCCCCCCCc1ccccc1OC(C)=O. The highest BCUT2D eigenvalue weighted by molar-refractivity contribution is 5.69. The van der Waals surface area contributed by atoms with E-state index in [0.717, 1.165) is 17.7 Å². The Hall–Kier alpha value is -1.31. The van der Waals surface area contributed by atoms with Crippen LogP contribution in [0.15, 0.2) is 24.3 Å². The smallest absolute Gasteiger partial charge is 0.308 e. The Bertz CT molecular complexity index is 412. The Morgan fingerprint density at radius 3 is 2.00 bits per heavy atom. The van der Waals surface area contributed by atoms with Gasteiger partial charge in [0.05, 0.1) is 0 Å². The Morgan fingerprint density at radius 2 is 1.41 bits per heavy atom. The fourth-order valence-corrected chi connectivity index (χ4v) is 2.77. The summed E-state index contributed by atoms with van der Waals surface area (Å²) in [4.78, 5) is 11.1. The van der Waals surface area contributed by atoms with E-state index in [-0.39, 0.29) is 5.97 Å². The van der Waals surface area contributed by atoms with Gasteiger partial charge in [-0.3, -0.25) is 4.79 Å². The van der Waals surface area contributed by atoms with Gasteiger partial charge in [-0.2, -0.15) is 0 Å². The molecule has 0 saturated heterocycles. The number of para-hydroxylation sites is 1. The van der Waals surface area contributed by atoms with E-state index < -0.39 is 0 Å². The van der Waals surface area contributed by atoms with Gasteiger partial charge in [-0.15, -0.1) is 0 Å². The Labute approximate surface area is 136 Å². The molecular formula is C20H32O2. The number of hydrogen-bond acceptors (Lipinski definition) is 2.